The van der Waals surface area contributed by atoms with Crippen LogP contribution in [0.25, 0.3) is 0 Å². The Morgan fingerprint density at radius 1 is 1.19 bits per heavy atom. The maximum Gasteiger partial charge on any atom is 0.416 e. The summed E-state index contributed by atoms with van der Waals surface area (Å²) >= 11 is 11.1. The van der Waals surface area contributed by atoms with Gasteiger partial charge in [-0.25, -0.2) is 0 Å². The highest BCUT2D eigenvalue weighted by Gasteiger charge is 2.31. The first-order valence-electron chi connectivity index (χ1n) is 7.18. The Bertz CT molecular complexity index is 889. The van der Waals surface area contributed by atoms with E-state index in [0.29, 0.717) is 6.07 Å². The number of rotatable bonds is 6. The molecule has 0 radical (unpaired) electrons. The number of para-hydroxylation sites is 1. The van der Waals surface area contributed by atoms with Crippen molar-refractivity contribution in [2.24, 2.45) is 0 Å². The Balaban J connectivity index is 2.42. The van der Waals surface area contributed by atoms with Gasteiger partial charge in [0.25, 0.3) is 5.24 Å². The predicted molar refractivity (Wildman–Crippen MR) is 90.6 cm³/mol. The number of carbonyl (C=O) groups is 1. The zero-order chi connectivity index (χ0) is 20.4. The molecule has 0 saturated carbocycles. The Morgan fingerprint density at radius 3 is 2.33 bits per heavy atom. The van der Waals surface area contributed by atoms with E-state index in [1.54, 1.807) is 0 Å². The first-order chi connectivity index (χ1) is 12.5. The van der Waals surface area contributed by atoms with Crippen molar-refractivity contribution in [3.63, 3.8) is 0 Å². The molecule has 11 heteroatoms. The average molecular weight is 424 g/mol. The van der Waals surface area contributed by atoms with Crippen LogP contribution in [0.2, 0.25) is 5.02 Å². The summed E-state index contributed by atoms with van der Waals surface area (Å²) in [4.78, 5) is 21.7. The molecule has 0 aliphatic carbocycles. The summed E-state index contributed by atoms with van der Waals surface area (Å²) in [6, 6.07) is 6.05. The molecule has 0 fully saturated rings. The van der Waals surface area contributed by atoms with Crippen LogP contribution < -0.4 is 9.47 Å². The molecule has 0 saturated heterocycles. The first-order valence-corrected chi connectivity index (χ1v) is 7.94. The van der Waals surface area contributed by atoms with Crippen molar-refractivity contribution >= 4 is 34.1 Å². The van der Waals surface area contributed by atoms with E-state index in [2.05, 4.69) is 0 Å². The van der Waals surface area contributed by atoms with Crippen molar-refractivity contribution in [1.82, 2.24) is 0 Å². The largest absolute Gasteiger partial charge is 0.474 e. The lowest BCUT2D eigenvalue weighted by Gasteiger charge is -2.14. The third-order valence-electron chi connectivity index (χ3n) is 3.25. The van der Waals surface area contributed by atoms with Crippen LogP contribution in [0.5, 0.6) is 17.2 Å². The molecular formula is C16H10Cl2F3NO5. The van der Waals surface area contributed by atoms with E-state index in [9.17, 15) is 28.1 Å². The fourth-order valence-electron chi connectivity index (χ4n) is 1.97. The van der Waals surface area contributed by atoms with Gasteiger partial charge in [-0.1, -0.05) is 17.7 Å². The first kappa shape index (κ1) is 20.8. The monoisotopic (exact) mass is 423 g/mol. The fourth-order valence-corrected chi connectivity index (χ4v) is 2.24. The summed E-state index contributed by atoms with van der Waals surface area (Å²) in [5, 5.41) is 10.1. The molecule has 0 spiro atoms. The number of hydrogen-bond donors (Lipinski definition) is 0. The van der Waals surface area contributed by atoms with Gasteiger partial charge in [0.1, 0.15) is 5.75 Å². The summed E-state index contributed by atoms with van der Waals surface area (Å²) in [6.45, 7) is 1.29. The molecule has 0 aromatic heterocycles. The lowest BCUT2D eigenvalue weighted by Crippen LogP contribution is -2.19. The molecule has 2 aromatic carbocycles. The van der Waals surface area contributed by atoms with Crippen molar-refractivity contribution in [3.05, 3.63) is 57.1 Å². The minimum atomic E-state index is -4.61. The number of nitro benzene ring substituents is 1. The maximum atomic E-state index is 12.7. The second-order valence-electron chi connectivity index (χ2n) is 5.17. The molecule has 1 atom stereocenters. The summed E-state index contributed by atoms with van der Waals surface area (Å²) < 4.78 is 48.5. The molecule has 2 aromatic rings. The number of benzene rings is 2. The second kappa shape index (κ2) is 8.01. The van der Waals surface area contributed by atoms with Gasteiger partial charge in [-0.05, 0) is 48.9 Å². The molecule has 144 valence electrons. The summed E-state index contributed by atoms with van der Waals surface area (Å²) in [5.74, 6) is -0.873. The standard InChI is InChI=1S/C16H10Cl2F3NO5/c1-8(15(18)23)26-12-3-2-4-13(14(12)22(24)25)27-11-6-5-9(7-10(11)17)16(19,20)21/h2-8H,1H3. The van der Waals surface area contributed by atoms with Crippen LogP contribution in [-0.4, -0.2) is 16.3 Å². The van der Waals surface area contributed by atoms with Crippen LogP contribution >= 0.6 is 23.2 Å². The van der Waals surface area contributed by atoms with Gasteiger partial charge in [-0.3, -0.25) is 14.9 Å². The Kier molecular flexibility index (Phi) is 6.17. The number of nitro groups is 1. The highest BCUT2D eigenvalue weighted by molar-refractivity contribution is 6.64. The van der Waals surface area contributed by atoms with E-state index in [0.717, 1.165) is 12.1 Å². The second-order valence-corrected chi connectivity index (χ2v) is 5.95. The predicted octanol–water partition coefficient (Wildman–Crippen LogP) is 5.59. The van der Waals surface area contributed by atoms with E-state index in [1.807, 2.05) is 0 Å². The molecule has 6 nitrogen and oxygen atoms in total. The van der Waals surface area contributed by atoms with Crippen LogP contribution in [0.15, 0.2) is 36.4 Å². The number of hydrogen-bond acceptors (Lipinski definition) is 5. The molecular weight excluding hydrogens is 414 g/mol. The zero-order valence-electron chi connectivity index (χ0n) is 13.4. The molecule has 27 heavy (non-hydrogen) atoms. The van der Waals surface area contributed by atoms with Gasteiger partial charge >= 0.3 is 11.9 Å². The normalized spacial score (nSPS) is 12.4. The van der Waals surface area contributed by atoms with Crippen LogP contribution in [0.1, 0.15) is 12.5 Å². The van der Waals surface area contributed by atoms with Crippen molar-refractivity contribution in [3.8, 4) is 17.2 Å². The fraction of sp³-hybridized carbons (Fsp3) is 0.188. The van der Waals surface area contributed by atoms with Crippen LogP contribution in [-0.2, 0) is 11.0 Å². The molecule has 2 rings (SSSR count). The van der Waals surface area contributed by atoms with Gasteiger partial charge in [0.15, 0.2) is 6.10 Å². The van der Waals surface area contributed by atoms with Crippen molar-refractivity contribution in [1.29, 1.82) is 0 Å². The van der Waals surface area contributed by atoms with Gasteiger partial charge in [0.2, 0.25) is 11.5 Å². The number of ether oxygens (including phenoxy) is 2. The van der Waals surface area contributed by atoms with E-state index in [1.165, 1.54) is 25.1 Å². The van der Waals surface area contributed by atoms with E-state index in [4.69, 9.17) is 32.7 Å². The summed E-state index contributed by atoms with van der Waals surface area (Å²) in [7, 11) is 0. The summed E-state index contributed by atoms with van der Waals surface area (Å²) in [5.41, 5.74) is -1.64. The van der Waals surface area contributed by atoms with E-state index >= 15 is 0 Å². The third-order valence-corrected chi connectivity index (χ3v) is 3.85. The van der Waals surface area contributed by atoms with Crippen molar-refractivity contribution in [2.75, 3.05) is 0 Å². The number of halogens is 5. The molecule has 0 heterocycles. The molecule has 0 bridgehead atoms. The van der Waals surface area contributed by atoms with Crippen LogP contribution in [0.4, 0.5) is 18.9 Å². The molecule has 0 aliphatic rings. The van der Waals surface area contributed by atoms with Crippen LogP contribution in [0, 0.1) is 10.1 Å². The Morgan fingerprint density at radius 2 is 1.81 bits per heavy atom. The third kappa shape index (κ3) is 5.01. The number of carbonyl (C=O) groups excluding carboxylic acids is 1. The highest BCUT2D eigenvalue weighted by atomic mass is 35.5. The average Bonchev–Trinajstić information content (AvgIpc) is 2.55. The lowest BCUT2D eigenvalue weighted by atomic mass is 10.2. The van der Waals surface area contributed by atoms with Gasteiger partial charge < -0.3 is 9.47 Å². The Labute approximate surface area is 160 Å². The smallest absolute Gasteiger partial charge is 0.416 e. The van der Waals surface area contributed by atoms with Gasteiger partial charge in [0, 0.05) is 0 Å². The SMILES string of the molecule is CC(Oc1cccc(Oc2ccc(C(F)(F)F)cc2Cl)c1[N+](=O)[O-])C(=O)Cl. The molecule has 0 N–H and O–H groups in total. The van der Waals surface area contributed by atoms with E-state index < -0.39 is 38.7 Å². The van der Waals surface area contributed by atoms with Crippen molar-refractivity contribution < 1.29 is 32.4 Å². The van der Waals surface area contributed by atoms with Gasteiger partial charge in [-0.15, -0.1) is 0 Å². The molecule has 1 unspecified atom stereocenters. The topological polar surface area (TPSA) is 78.7 Å². The lowest BCUT2D eigenvalue weighted by molar-refractivity contribution is -0.386. The maximum absolute atomic E-state index is 12.7. The Hall–Kier alpha value is -2.52. The quantitative estimate of drug-likeness (QED) is 0.343. The molecule has 0 amide bonds. The van der Waals surface area contributed by atoms with Crippen molar-refractivity contribution in [2.45, 2.75) is 19.2 Å². The highest BCUT2D eigenvalue weighted by Crippen LogP contribution is 2.42. The number of alkyl halides is 3. The number of nitrogens with zero attached hydrogens (tertiary/aromatic N) is 1. The van der Waals surface area contributed by atoms with E-state index in [-0.39, 0.29) is 17.2 Å². The zero-order valence-corrected chi connectivity index (χ0v) is 14.9. The molecule has 0 aliphatic heterocycles. The van der Waals surface area contributed by atoms with Gasteiger partial charge in [-0.2, -0.15) is 13.2 Å². The van der Waals surface area contributed by atoms with Crippen LogP contribution in [0.3, 0.4) is 0 Å². The van der Waals surface area contributed by atoms with Gasteiger partial charge in [0.05, 0.1) is 15.5 Å². The minimum Gasteiger partial charge on any atom is -0.474 e. The summed E-state index contributed by atoms with van der Waals surface area (Å²) in [6.07, 6.45) is -5.78. The minimum absolute atomic E-state index is 0.230.